The Morgan fingerprint density at radius 1 is 1.03 bits per heavy atom. The van der Waals surface area contributed by atoms with Crippen LogP contribution in [-0.4, -0.2) is 58.3 Å². The molecule has 1 aromatic carbocycles. The fourth-order valence-corrected chi connectivity index (χ4v) is 6.15. The Morgan fingerprint density at radius 2 is 1.78 bits per heavy atom. The Morgan fingerprint density at radius 3 is 2.56 bits per heavy atom. The molecule has 0 spiro atoms. The van der Waals surface area contributed by atoms with Crippen LogP contribution in [0.2, 0.25) is 0 Å². The number of amides is 1. The van der Waals surface area contributed by atoms with Crippen molar-refractivity contribution in [2.24, 2.45) is 0 Å². The van der Waals surface area contributed by atoms with Gasteiger partial charge in [-0.3, -0.25) is 9.78 Å². The van der Waals surface area contributed by atoms with Gasteiger partial charge in [0.25, 0.3) is 5.91 Å². The zero-order valence-electron chi connectivity index (χ0n) is 17.7. The van der Waals surface area contributed by atoms with Gasteiger partial charge < -0.3 is 4.90 Å². The van der Waals surface area contributed by atoms with E-state index in [0.29, 0.717) is 24.1 Å². The zero-order valence-corrected chi connectivity index (χ0v) is 18.5. The van der Waals surface area contributed by atoms with E-state index in [-0.39, 0.29) is 22.9 Å². The highest BCUT2D eigenvalue weighted by molar-refractivity contribution is 7.89. The summed E-state index contributed by atoms with van der Waals surface area (Å²) in [5.41, 5.74) is 0.868. The number of sulfonamides is 1. The third kappa shape index (κ3) is 4.12. The molecule has 0 radical (unpaired) electrons. The molecule has 1 amide bonds. The third-order valence-corrected chi connectivity index (χ3v) is 7.95. The lowest BCUT2D eigenvalue weighted by atomic mass is 9.92. The Hall–Kier alpha value is -2.85. The number of aromatic nitrogens is 4. The molecule has 0 bridgehead atoms. The monoisotopic (exact) mass is 454 g/mol. The molecule has 0 atom stereocenters. The summed E-state index contributed by atoms with van der Waals surface area (Å²) in [6.45, 7) is 1.56. The van der Waals surface area contributed by atoms with Crippen molar-refractivity contribution in [3.63, 3.8) is 0 Å². The summed E-state index contributed by atoms with van der Waals surface area (Å²) in [6, 6.07) is 8.80. The number of hydrogen-bond acceptors (Lipinski definition) is 6. The van der Waals surface area contributed by atoms with Crippen molar-refractivity contribution in [3.05, 3.63) is 48.4 Å². The number of carbonyl (C=O) groups is 1. The van der Waals surface area contributed by atoms with Gasteiger partial charge in [0.2, 0.25) is 10.0 Å². The highest BCUT2D eigenvalue weighted by Gasteiger charge is 2.29. The maximum Gasteiger partial charge on any atom is 0.276 e. The van der Waals surface area contributed by atoms with E-state index in [4.69, 9.17) is 0 Å². The molecular formula is C22H26N6O3S. The quantitative estimate of drug-likeness (QED) is 0.634. The molecule has 1 saturated carbocycles. The molecule has 3 heterocycles. The molecule has 168 valence electrons. The van der Waals surface area contributed by atoms with Crippen molar-refractivity contribution >= 4 is 26.8 Å². The lowest BCUT2D eigenvalue weighted by molar-refractivity contribution is 0.0787. The molecule has 3 aromatic rings. The average molecular weight is 455 g/mol. The topological polar surface area (TPSA) is 110 Å². The smallest absolute Gasteiger partial charge is 0.276 e. The minimum Gasteiger partial charge on any atom is -0.337 e. The zero-order chi connectivity index (χ0) is 22.1. The van der Waals surface area contributed by atoms with Gasteiger partial charge in [-0.25, -0.2) is 17.8 Å². The van der Waals surface area contributed by atoms with Crippen LogP contribution in [0.5, 0.6) is 0 Å². The number of pyridine rings is 1. The summed E-state index contributed by atoms with van der Waals surface area (Å²) in [5, 5.41) is 9.07. The van der Waals surface area contributed by atoms with Crippen molar-refractivity contribution in [3.8, 4) is 0 Å². The van der Waals surface area contributed by atoms with Gasteiger partial charge in [-0.1, -0.05) is 23.4 Å². The molecule has 1 saturated heterocycles. The number of likely N-dealkylation sites (tertiary alicyclic amines) is 1. The minimum atomic E-state index is -3.68. The molecule has 2 aromatic heterocycles. The first-order chi connectivity index (χ1) is 15.5. The second-order valence-corrected chi connectivity index (χ2v) is 10.2. The van der Waals surface area contributed by atoms with Crippen LogP contribution < -0.4 is 4.72 Å². The van der Waals surface area contributed by atoms with Crippen LogP contribution in [0.15, 0.2) is 47.6 Å². The van der Waals surface area contributed by atoms with Gasteiger partial charge in [0.05, 0.1) is 17.8 Å². The van der Waals surface area contributed by atoms with Crippen LogP contribution >= 0.6 is 0 Å². The molecule has 0 unspecified atom stereocenters. The second-order valence-electron chi connectivity index (χ2n) is 8.54. The number of benzene rings is 1. The van der Waals surface area contributed by atoms with E-state index in [1.807, 2.05) is 17.0 Å². The van der Waals surface area contributed by atoms with Crippen LogP contribution in [0.1, 0.15) is 55.1 Å². The fraction of sp³-hybridized carbons (Fsp3) is 0.455. The van der Waals surface area contributed by atoms with Crippen molar-refractivity contribution in [1.29, 1.82) is 0 Å². The normalized spacial score (nSPS) is 21.8. The maximum atomic E-state index is 13.0. The second kappa shape index (κ2) is 8.59. The van der Waals surface area contributed by atoms with Gasteiger partial charge in [-0.15, -0.1) is 5.10 Å². The number of nitrogens with zero attached hydrogens (tertiary/aromatic N) is 5. The van der Waals surface area contributed by atoms with E-state index in [2.05, 4.69) is 20.0 Å². The largest absolute Gasteiger partial charge is 0.337 e. The van der Waals surface area contributed by atoms with Gasteiger partial charge in [0.15, 0.2) is 5.69 Å². The highest BCUT2D eigenvalue weighted by atomic mass is 32.2. The lowest BCUT2D eigenvalue weighted by Gasteiger charge is -2.28. The number of para-hydroxylation sites is 1. The van der Waals surface area contributed by atoms with E-state index in [1.54, 1.807) is 35.3 Å². The molecule has 5 rings (SSSR count). The SMILES string of the molecule is O=C(c1cn(C2CCC(NS(=O)(=O)c3cccc4cccnc34)CC2)nn1)N1CCCC1. The van der Waals surface area contributed by atoms with E-state index in [1.165, 1.54) is 0 Å². The Kier molecular flexibility index (Phi) is 5.64. The first-order valence-electron chi connectivity index (χ1n) is 11.1. The summed E-state index contributed by atoms with van der Waals surface area (Å²) in [7, 11) is -3.68. The van der Waals surface area contributed by atoms with E-state index >= 15 is 0 Å². The summed E-state index contributed by atoms with van der Waals surface area (Å²) in [4.78, 5) is 18.8. The highest BCUT2D eigenvalue weighted by Crippen LogP contribution is 2.30. The van der Waals surface area contributed by atoms with Crippen molar-refractivity contribution in [2.75, 3.05) is 13.1 Å². The lowest BCUT2D eigenvalue weighted by Crippen LogP contribution is -2.38. The number of nitrogens with one attached hydrogen (secondary N) is 1. The Balaban J connectivity index is 1.23. The van der Waals surface area contributed by atoms with Crippen LogP contribution in [0.4, 0.5) is 0 Å². The fourth-order valence-electron chi connectivity index (χ4n) is 4.67. The predicted molar refractivity (Wildman–Crippen MR) is 119 cm³/mol. The van der Waals surface area contributed by atoms with E-state index < -0.39 is 10.0 Å². The van der Waals surface area contributed by atoms with Gasteiger partial charge in [0.1, 0.15) is 4.90 Å². The number of hydrogen-bond donors (Lipinski definition) is 1. The molecule has 1 aliphatic heterocycles. The minimum absolute atomic E-state index is 0.0566. The summed E-state index contributed by atoms with van der Waals surface area (Å²) < 4.78 is 30.7. The molecular weight excluding hydrogens is 428 g/mol. The third-order valence-electron chi connectivity index (χ3n) is 6.40. The van der Waals surface area contributed by atoms with Gasteiger partial charge in [-0.05, 0) is 50.7 Å². The molecule has 32 heavy (non-hydrogen) atoms. The maximum absolute atomic E-state index is 13.0. The Bertz CT molecular complexity index is 1220. The summed E-state index contributed by atoms with van der Waals surface area (Å²) >= 11 is 0. The van der Waals surface area contributed by atoms with Gasteiger partial charge in [0, 0.05) is 30.7 Å². The van der Waals surface area contributed by atoms with Crippen LogP contribution in [0.25, 0.3) is 10.9 Å². The first kappa shape index (κ1) is 21.0. The molecule has 1 N–H and O–H groups in total. The van der Waals surface area contributed by atoms with Crippen LogP contribution in [0, 0.1) is 0 Å². The van der Waals surface area contributed by atoms with Crippen molar-refractivity contribution in [1.82, 2.24) is 29.6 Å². The molecule has 10 heteroatoms. The van der Waals surface area contributed by atoms with E-state index in [0.717, 1.165) is 44.2 Å². The first-order valence-corrected chi connectivity index (χ1v) is 12.6. The molecule has 9 nitrogen and oxygen atoms in total. The number of rotatable bonds is 5. The summed E-state index contributed by atoms with van der Waals surface area (Å²) in [6.07, 6.45) is 8.33. The van der Waals surface area contributed by atoms with Crippen molar-refractivity contribution < 1.29 is 13.2 Å². The molecule has 2 fully saturated rings. The molecule has 1 aliphatic carbocycles. The van der Waals surface area contributed by atoms with Crippen molar-refractivity contribution in [2.45, 2.75) is 55.5 Å². The average Bonchev–Trinajstić information content (AvgIpc) is 3.51. The number of carbonyl (C=O) groups excluding carboxylic acids is 1. The van der Waals surface area contributed by atoms with E-state index in [9.17, 15) is 13.2 Å². The van der Waals surface area contributed by atoms with Gasteiger partial charge in [-0.2, -0.15) is 0 Å². The Labute approximate surface area is 186 Å². The van der Waals surface area contributed by atoms with Crippen LogP contribution in [0.3, 0.4) is 0 Å². The summed E-state index contributed by atoms with van der Waals surface area (Å²) in [5.74, 6) is -0.0566. The predicted octanol–water partition coefficient (Wildman–Crippen LogP) is 2.52. The van der Waals surface area contributed by atoms with Gasteiger partial charge >= 0.3 is 0 Å². The number of fused-ring (bicyclic) bond motifs is 1. The molecule has 2 aliphatic rings. The van der Waals surface area contributed by atoms with Crippen LogP contribution in [-0.2, 0) is 10.0 Å². The standard InChI is InChI=1S/C22H26N6O3S/c29-22(27-13-1-2-14-27)19-15-28(26-24-19)18-10-8-17(9-11-18)25-32(30,31)20-7-3-5-16-6-4-12-23-21(16)20/h3-7,12,15,17-18,25H,1-2,8-11,13-14H2.